The molecule has 0 heterocycles. The minimum atomic E-state index is 0.355. The van der Waals surface area contributed by atoms with Crippen molar-refractivity contribution in [1.29, 1.82) is 0 Å². The molecule has 4 radical (unpaired) electrons. The van der Waals surface area contributed by atoms with Crippen LogP contribution < -0.4 is 0 Å². The Labute approximate surface area is 91.6 Å². The molecule has 0 N–H and O–H groups in total. The van der Waals surface area contributed by atoms with E-state index in [0.717, 1.165) is 9.52 Å². The van der Waals surface area contributed by atoms with Gasteiger partial charge >= 0.3 is 0 Å². The Balaban J connectivity index is 3.36. The van der Waals surface area contributed by atoms with E-state index in [1.165, 1.54) is 10.8 Å². The van der Waals surface area contributed by atoms with Gasteiger partial charge in [-0.3, -0.25) is 0 Å². The number of rotatable bonds is 8. The van der Waals surface area contributed by atoms with Crippen LogP contribution in [0.25, 0.3) is 0 Å². The van der Waals surface area contributed by atoms with E-state index in [9.17, 15) is 0 Å². The highest BCUT2D eigenvalue weighted by Gasteiger charge is 1.96. The summed E-state index contributed by atoms with van der Waals surface area (Å²) >= 11 is 0. The second kappa shape index (κ2) is 9.60. The molecule has 0 aliphatic heterocycles. The highest BCUT2D eigenvalue weighted by atomic mass is 28.2. The van der Waals surface area contributed by atoms with Gasteiger partial charge < -0.3 is 13.9 Å². The van der Waals surface area contributed by atoms with Crippen LogP contribution in [0.3, 0.4) is 0 Å². The van der Waals surface area contributed by atoms with Crippen LogP contribution in [-0.4, -0.2) is 46.0 Å². The first-order valence-corrected chi connectivity index (χ1v) is 7.09. The third-order valence-corrected chi connectivity index (χ3v) is 3.59. The van der Waals surface area contributed by atoms with Gasteiger partial charge in [0.1, 0.15) is 6.79 Å². The van der Waals surface area contributed by atoms with Gasteiger partial charge in [0.05, 0.1) is 22.4 Å². The zero-order valence-corrected chi connectivity index (χ0v) is 11.3. The molecule has 0 rings (SSSR count). The van der Waals surface area contributed by atoms with E-state index in [0.29, 0.717) is 29.4 Å². The van der Waals surface area contributed by atoms with Crippen molar-refractivity contribution in [2.24, 2.45) is 0 Å². The maximum atomic E-state index is 5.34. The molecule has 0 fully saturated rings. The molecule has 5 heteroatoms. The molecule has 0 aliphatic rings. The zero-order valence-electron chi connectivity index (χ0n) is 9.35. The first kappa shape index (κ1) is 14.1. The summed E-state index contributed by atoms with van der Waals surface area (Å²) in [4.78, 5) is 0. The maximum absolute atomic E-state index is 5.34. The Kier molecular flexibility index (Phi) is 9.64. The molecular weight excluding hydrogens is 212 g/mol. The second-order valence-corrected chi connectivity index (χ2v) is 5.05. The first-order valence-electron chi connectivity index (χ1n) is 4.47. The summed E-state index contributed by atoms with van der Waals surface area (Å²) in [5.41, 5.74) is 1.31. The van der Waals surface area contributed by atoms with Crippen molar-refractivity contribution >= 4 is 19.3 Å². The predicted octanol–water partition coefficient (Wildman–Crippen LogP) is 1.25. The maximum Gasteiger partial charge on any atom is 0.257 e. The number of hydrogen-bond acceptors (Lipinski definition) is 3. The van der Waals surface area contributed by atoms with Gasteiger partial charge in [-0.05, 0) is 13.8 Å². The topological polar surface area (TPSA) is 27.7 Å². The van der Waals surface area contributed by atoms with Crippen molar-refractivity contribution in [2.75, 3.05) is 26.7 Å². The molecule has 0 saturated heterocycles. The zero-order chi connectivity index (χ0) is 10.8. The van der Waals surface area contributed by atoms with Gasteiger partial charge in [-0.1, -0.05) is 17.3 Å². The molecule has 14 heavy (non-hydrogen) atoms. The summed E-state index contributed by atoms with van der Waals surface area (Å²) < 4.78 is 15.4. The molecule has 3 nitrogen and oxygen atoms in total. The Bertz CT molecular complexity index is 171. The van der Waals surface area contributed by atoms with Gasteiger partial charge in [-0.2, -0.15) is 0 Å². The fourth-order valence-corrected chi connectivity index (χ4v) is 1.50. The lowest BCUT2D eigenvalue weighted by molar-refractivity contribution is -0.0317. The fourth-order valence-electron chi connectivity index (χ4n) is 0.718. The van der Waals surface area contributed by atoms with Crippen molar-refractivity contribution in [3.8, 4) is 0 Å². The van der Waals surface area contributed by atoms with Crippen molar-refractivity contribution in [3.63, 3.8) is 0 Å². The van der Waals surface area contributed by atoms with Gasteiger partial charge in [0.15, 0.2) is 0 Å². The van der Waals surface area contributed by atoms with E-state index in [2.05, 4.69) is 20.4 Å². The lowest BCUT2D eigenvalue weighted by atomic mass is 10.3. The summed E-state index contributed by atoms with van der Waals surface area (Å²) in [5.74, 6) is 0. The van der Waals surface area contributed by atoms with E-state index in [1.54, 1.807) is 7.11 Å². The third kappa shape index (κ3) is 7.46. The molecule has 0 spiro atoms. The van der Waals surface area contributed by atoms with E-state index < -0.39 is 0 Å². The Morgan fingerprint density at radius 2 is 1.93 bits per heavy atom. The molecular formula is C9H18O3Si2. The fraction of sp³-hybridized carbons (Fsp3) is 0.778. The Morgan fingerprint density at radius 3 is 2.50 bits per heavy atom. The van der Waals surface area contributed by atoms with Crippen LogP contribution in [0.15, 0.2) is 10.8 Å². The average molecular weight is 230 g/mol. The van der Waals surface area contributed by atoms with Crippen LogP contribution in [0.5, 0.6) is 0 Å². The predicted molar refractivity (Wildman–Crippen MR) is 59.5 cm³/mol. The normalized spacial score (nSPS) is 12.9. The van der Waals surface area contributed by atoms with Crippen LogP contribution in [0.1, 0.15) is 13.8 Å². The standard InChI is InChI=1S/C9H18O3Si2/c1-8(9(2)13-4)5-11-6-12-7-14-10-3/h5-7H2,1-4H3. The van der Waals surface area contributed by atoms with E-state index in [-0.39, 0.29) is 0 Å². The van der Waals surface area contributed by atoms with Crippen LogP contribution in [-0.2, 0) is 13.9 Å². The smallest absolute Gasteiger partial charge is 0.257 e. The summed E-state index contributed by atoms with van der Waals surface area (Å²) in [5, 5.41) is 1.42. The summed E-state index contributed by atoms with van der Waals surface area (Å²) in [6, 6.07) is 0. The molecule has 0 aromatic rings. The summed E-state index contributed by atoms with van der Waals surface area (Å²) in [6.45, 7) is 7.44. The molecule has 0 atom stereocenters. The largest absolute Gasteiger partial charge is 0.418 e. The summed E-state index contributed by atoms with van der Waals surface area (Å²) in [6.07, 6.45) is 0.619. The molecule has 0 aromatic carbocycles. The van der Waals surface area contributed by atoms with Crippen LogP contribution in [0.2, 0.25) is 6.55 Å². The van der Waals surface area contributed by atoms with Gasteiger partial charge in [0.25, 0.3) is 9.76 Å². The lowest BCUT2D eigenvalue weighted by Gasteiger charge is -2.07. The molecule has 0 unspecified atom stereocenters. The average Bonchev–Trinajstić information content (AvgIpc) is 2.21. The van der Waals surface area contributed by atoms with Crippen molar-refractivity contribution < 1.29 is 13.9 Å². The van der Waals surface area contributed by atoms with Gasteiger partial charge in [-0.15, -0.1) is 0 Å². The molecule has 0 bridgehead atoms. The van der Waals surface area contributed by atoms with Gasteiger partial charge in [0, 0.05) is 7.11 Å². The SMILES string of the molecule is CO[Si]COCOCC(C)=C(C)[Si]C. The van der Waals surface area contributed by atoms with Crippen molar-refractivity contribution in [2.45, 2.75) is 20.4 Å². The van der Waals surface area contributed by atoms with Crippen molar-refractivity contribution in [1.82, 2.24) is 0 Å². The molecule has 0 aliphatic carbocycles. The van der Waals surface area contributed by atoms with E-state index >= 15 is 0 Å². The van der Waals surface area contributed by atoms with Crippen LogP contribution >= 0.6 is 0 Å². The monoisotopic (exact) mass is 230 g/mol. The second-order valence-electron chi connectivity index (χ2n) is 2.82. The molecule has 0 aromatic heterocycles. The van der Waals surface area contributed by atoms with E-state index in [1.807, 2.05) is 0 Å². The first-order chi connectivity index (χ1) is 6.72. The van der Waals surface area contributed by atoms with Gasteiger partial charge in [0.2, 0.25) is 0 Å². The van der Waals surface area contributed by atoms with Crippen molar-refractivity contribution in [3.05, 3.63) is 10.8 Å². The lowest BCUT2D eigenvalue weighted by Crippen LogP contribution is -2.10. The van der Waals surface area contributed by atoms with Crippen LogP contribution in [0.4, 0.5) is 0 Å². The van der Waals surface area contributed by atoms with Crippen LogP contribution in [0, 0.1) is 0 Å². The molecule has 80 valence electrons. The number of ether oxygens (including phenoxy) is 2. The Hall–Kier alpha value is 0.0538. The highest BCUT2D eigenvalue weighted by Crippen LogP contribution is 2.01. The highest BCUT2D eigenvalue weighted by molar-refractivity contribution is 6.43. The van der Waals surface area contributed by atoms with Gasteiger partial charge in [-0.25, -0.2) is 0 Å². The number of allylic oxidation sites excluding steroid dienone is 1. The van der Waals surface area contributed by atoms with E-state index in [4.69, 9.17) is 13.9 Å². The minimum Gasteiger partial charge on any atom is -0.418 e. The summed E-state index contributed by atoms with van der Waals surface area (Å²) in [7, 11) is 2.94. The number of hydrogen-bond donors (Lipinski definition) is 0. The molecule has 0 amide bonds. The third-order valence-electron chi connectivity index (χ3n) is 1.81. The Morgan fingerprint density at radius 1 is 1.21 bits per heavy atom. The quantitative estimate of drug-likeness (QED) is 0.357. The molecule has 0 saturated carbocycles. The minimum absolute atomic E-state index is 0.355.